The number of ether oxygens (including phenoxy) is 1. The molecular weight excluding hydrogens is 190 g/mol. The number of nitrogens with zero attached hydrogens (tertiary/aromatic N) is 2. The van der Waals surface area contributed by atoms with E-state index in [-0.39, 0.29) is 6.10 Å². The normalized spacial score (nSPS) is 17.7. The van der Waals surface area contributed by atoms with E-state index in [4.69, 9.17) is 10.5 Å². The van der Waals surface area contributed by atoms with E-state index in [1.807, 2.05) is 13.0 Å². The lowest BCUT2D eigenvalue weighted by Crippen LogP contribution is -2.13. The second-order valence-corrected chi connectivity index (χ2v) is 4.16. The van der Waals surface area contributed by atoms with Gasteiger partial charge in [0, 0.05) is 31.2 Å². The van der Waals surface area contributed by atoms with Gasteiger partial charge in [-0.3, -0.25) is 0 Å². The van der Waals surface area contributed by atoms with E-state index >= 15 is 0 Å². The van der Waals surface area contributed by atoms with Gasteiger partial charge in [-0.15, -0.1) is 0 Å². The average Bonchev–Trinajstić information content (AvgIpc) is 2.99. The van der Waals surface area contributed by atoms with Gasteiger partial charge in [0.15, 0.2) is 0 Å². The maximum absolute atomic E-state index is 5.75. The third-order valence-corrected chi connectivity index (χ3v) is 2.68. The molecular formula is C11H17N3O. The molecule has 2 rings (SSSR count). The summed E-state index contributed by atoms with van der Waals surface area (Å²) in [6, 6.07) is 1.89. The summed E-state index contributed by atoms with van der Waals surface area (Å²) in [5, 5.41) is 0. The molecule has 0 amide bonds. The molecule has 4 heteroatoms. The van der Waals surface area contributed by atoms with E-state index in [0.717, 1.165) is 17.9 Å². The summed E-state index contributed by atoms with van der Waals surface area (Å²) in [6.07, 6.45) is 3.33. The Balaban J connectivity index is 2.15. The van der Waals surface area contributed by atoms with Crippen molar-refractivity contribution in [2.75, 3.05) is 12.8 Å². The molecule has 4 nitrogen and oxygen atoms in total. The largest absolute Gasteiger partial charge is 0.384 e. The fourth-order valence-electron chi connectivity index (χ4n) is 1.56. The van der Waals surface area contributed by atoms with Gasteiger partial charge in [0.05, 0.1) is 6.10 Å². The number of nitrogens with two attached hydrogens (primary N) is 1. The molecule has 1 unspecified atom stereocenters. The number of rotatable bonds is 4. The van der Waals surface area contributed by atoms with Crippen molar-refractivity contribution < 1.29 is 4.74 Å². The first-order valence-corrected chi connectivity index (χ1v) is 5.35. The smallest absolute Gasteiger partial charge is 0.133 e. The number of nitrogen functional groups attached to an aromatic ring is 1. The molecule has 0 radical (unpaired) electrons. The molecule has 0 saturated heterocycles. The number of aromatic nitrogens is 2. The standard InChI is InChI=1S/C11H17N3O/c1-7(15-2)5-11-13-9(8-3-4-8)6-10(12)14-11/h6-8H,3-5H2,1-2H3,(H2,12,13,14). The molecule has 0 aliphatic heterocycles. The van der Waals surface area contributed by atoms with Crippen LogP contribution < -0.4 is 5.73 Å². The van der Waals surface area contributed by atoms with Crippen molar-refractivity contribution in [3.63, 3.8) is 0 Å². The highest BCUT2D eigenvalue weighted by molar-refractivity contribution is 5.32. The summed E-state index contributed by atoms with van der Waals surface area (Å²) in [5.74, 6) is 1.99. The fourth-order valence-corrected chi connectivity index (χ4v) is 1.56. The second kappa shape index (κ2) is 4.14. The summed E-state index contributed by atoms with van der Waals surface area (Å²) in [5.41, 5.74) is 6.85. The second-order valence-electron chi connectivity index (χ2n) is 4.16. The first-order chi connectivity index (χ1) is 7.19. The van der Waals surface area contributed by atoms with Crippen LogP contribution >= 0.6 is 0 Å². The molecule has 15 heavy (non-hydrogen) atoms. The van der Waals surface area contributed by atoms with Crippen LogP contribution in [0.4, 0.5) is 5.82 Å². The lowest BCUT2D eigenvalue weighted by atomic mass is 10.2. The van der Waals surface area contributed by atoms with Crippen LogP contribution in [0.2, 0.25) is 0 Å². The molecule has 1 atom stereocenters. The molecule has 0 spiro atoms. The van der Waals surface area contributed by atoms with Gasteiger partial charge in [-0.25, -0.2) is 9.97 Å². The number of hydrogen-bond donors (Lipinski definition) is 1. The lowest BCUT2D eigenvalue weighted by molar-refractivity contribution is 0.117. The zero-order valence-corrected chi connectivity index (χ0v) is 9.23. The molecule has 1 aliphatic rings. The Morgan fingerprint density at radius 2 is 2.27 bits per heavy atom. The van der Waals surface area contributed by atoms with E-state index in [1.165, 1.54) is 12.8 Å². The van der Waals surface area contributed by atoms with Crippen LogP contribution in [0, 0.1) is 0 Å². The zero-order valence-electron chi connectivity index (χ0n) is 9.23. The quantitative estimate of drug-likeness (QED) is 0.813. The SMILES string of the molecule is COC(C)Cc1nc(N)cc(C2CC2)n1. The predicted octanol–water partition coefficient (Wildman–Crippen LogP) is 1.51. The molecule has 1 aliphatic carbocycles. The molecule has 1 fully saturated rings. The third-order valence-electron chi connectivity index (χ3n) is 2.68. The van der Waals surface area contributed by atoms with Crippen molar-refractivity contribution in [3.05, 3.63) is 17.6 Å². The summed E-state index contributed by atoms with van der Waals surface area (Å²) in [7, 11) is 1.69. The van der Waals surface area contributed by atoms with Gasteiger partial charge >= 0.3 is 0 Å². The molecule has 0 aromatic carbocycles. The summed E-state index contributed by atoms with van der Waals surface area (Å²) < 4.78 is 5.19. The van der Waals surface area contributed by atoms with Crippen molar-refractivity contribution in [2.45, 2.75) is 38.2 Å². The van der Waals surface area contributed by atoms with Crippen LogP contribution in [0.3, 0.4) is 0 Å². The highest BCUT2D eigenvalue weighted by Crippen LogP contribution is 2.39. The topological polar surface area (TPSA) is 61.0 Å². The molecule has 1 aromatic rings. The first kappa shape index (κ1) is 10.4. The molecule has 82 valence electrons. The van der Waals surface area contributed by atoms with Crippen molar-refractivity contribution in [2.24, 2.45) is 0 Å². The van der Waals surface area contributed by atoms with Crippen LogP contribution in [-0.2, 0) is 11.2 Å². The van der Waals surface area contributed by atoms with Gasteiger partial charge in [-0.1, -0.05) is 0 Å². The fraction of sp³-hybridized carbons (Fsp3) is 0.636. The third kappa shape index (κ3) is 2.65. The van der Waals surface area contributed by atoms with Crippen LogP contribution in [0.25, 0.3) is 0 Å². The van der Waals surface area contributed by atoms with Crippen molar-refractivity contribution >= 4 is 5.82 Å². The van der Waals surface area contributed by atoms with E-state index < -0.39 is 0 Å². The number of hydrogen-bond acceptors (Lipinski definition) is 4. The Hall–Kier alpha value is -1.16. The molecule has 2 N–H and O–H groups in total. The van der Waals surface area contributed by atoms with E-state index in [1.54, 1.807) is 7.11 Å². The molecule has 0 bridgehead atoms. The maximum Gasteiger partial charge on any atom is 0.133 e. The Kier molecular flexibility index (Phi) is 2.86. The Morgan fingerprint density at radius 3 is 2.87 bits per heavy atom. The Labute approximate surface area is 89.9 Å². The van der Waals surface area contributed by atoms with Crippen molar-refractivity contribution in [1.82, 2.24) is 9.97 Å². The van der Waals surface area contributed by atoms with Gasteiger partial charge < -0.3 is 10.5 Å². The minimum atomic E-state index is 0.138. The van der Waals surface area contributed by atoms with E-state index in [2.05, 4.69) is 9.97 Å². The number of anilines is 1. The summed E-state index contributed by atoms with van der Waals surface area (Å²) in [4.78, 5) is 8.73. The monoisotopic (exact) mass is 207 g/mol. The number of methoxy groups -OCH3 is 1. The van der Waals surface area contributed by atoms with Gasteiger partial charge in [0.1, 0.15) is 11.6 Å². The highest BCUT2D eigenvalue weighted by atomic mass is 16.5. The first-order valence-electron chi connectivity index (χ1n) is 5.35. The highest BCUT2D eigenvalue weighted by Gasteiger charge is 2.26. The van der Waals surface area contributed by atoms with E-state index in [0.29, 0.717) is 11.7 Å². The van der Waals surface area contributed by atoms with Crippen LogP contribution in [-0.4, -0.2) is 23.2 Å². The van der Waals surface area contributed by atoms with Crippen molar-refractivity contribution in [3.8, 4) is 0 Å². The van der Waals surface area contributed by atoms with Crippen LogP contribution in [0.15, 0.2) is 6.07 Å². The molecule has 1 aromatic heterocycles. The van der Waals surface area contributed by atoms with Crippen LogP contribution in [0.1, 0.15) is 37.2 Å². The minimum Gasteiger partial charge on any atom is -0.384 e. The van der Waals surface area contributed by atoms with Gasteiger partial charge in [-0.2, -0.15) is 0 Å². The zero-order chi connectivity index (χ0) is 10.8. The molecule has 1 heterocycles. The van der Waals surface area contributed by atoms with Gasteiger partial charge in [-0.05, 0) is 19.8 Å². The van der Waals surface area contributed by atoms with E-state index in [9.17, 15) is 0 Å². The van der Waals surface area contributed by atoms with Gasteiger partial charge in [0.25, 0.3) is 0 Å². The molecule has 1 saturated carbocycles. The average molecular weight is 207 g/mol. The maximum atomic E-state index is 5.75. The summed E-state index contributed by atoms with van der Waals surface area (Å²) >= 11 is 0. The Bertz CT molecular complexity index is 350. The van der Waals surface area contributed by atoms with Gasteiger partial charge in [0.2, 0.25) is 0 Å². The van der Waals surface area contributed by atoms with Crippen molar-refractivity contribution in [1.29, 1.82) is 0 Å². The minimum absolute atomic E-state index is 0.138. The van der Waals surface area contributed by atoms with Crippen LogP contribution in [0.5, 0.6) is 0 Å². The Morgan fingerprint density at radius 1 is 1.53 bits per heavy atom. The summed E-state index contributed by atoms with van der Waals surface area (Å²) in [6.45, 7) is 2.00. The predicted molar refractivity (Wildman–Crippen MR) is 58.6 cm³/mol. The lowest BCUT2D eigenvalue weighted by Gasteiger charge is -2.09.